The standard InChI is InChI=1S/C15H17N5/c16-10-13-11-20-15(18-13)7-6-14(19-20)17-9-8-12-4-2-1-3-5-12/h1-7,11H,8-10,16H2,(H,17,19). The van der Waals surface area contributed by atoms with Crippen LogP contribution in [0.15, 0.2) is 48.7 Å². The van der Waals surface area contributed by atoms with Crippen molar-refractivity contribution in [2.24, 2.45) is 5.73 Å². The van der Waals surface area contributed by atoms with Gasteiger partial charge in [-0.05, 0) is 24.1 Å². The highest BCUT2D eigenvalue weighted by Crippen LogP contribution is 2.08. The van der Waals surface area contributed by atoms with E-state index in [1.54, 1.807) is 4.52 Å². The van der Waals surface area contributed by atoms with E-state index >= 15 is 0 Å². The number of fused-ring (bicyclic) bond motifs is 1. The zero-order valence-corrected chi connectivity index (χ0v) is 11.2. The number of benzene rings is 1. The Morgan fingerprint density at radius 3 is 2.75 bits per heavy atom. The molecule has 0 amide bonds. The lowest BCUT2D eigenvalue weighted by Gasteiger charge is -2.05. The molecule has 0 aliphatic heterocycles. The average Bonchev–Trinajstić information content (AvgIpc) is 2.91. The van der Waals surface area contributed by atoms with E-state index in [0.29, 0.717) is 6.54 Å². The van der Waals surface area contributed by atoms with E-state index in [4.69, 9.17) is 5.73 Å². The second kappa shape index (κ2) is 5.71. The Kier molecular flexibility index (Phi) is 3.60. The van der Waals surface area contributed by atoms with Crippen molar-refractivity contribution in [2.75, 3.05) is 11.9 Å². The molecule has 5 nitrogen and oxygen atoms in total. The zero-order valence-electron chi connectivity index (χ0n) is 11.2. The predicted octanol–water partition coefficient (Wildman–Crippen LogP) is 1.84. The quantitative estimate of drug-likeness (QED) is 0.740. The molecule has 0 bridgehead atoms. The highest BCUT2D eigenvalue weighted by molar-refractivity contribution is 5.45. The maximum atomic E-state index is 5.58. The number of imidazole rings is 1. The normalized spacial score (nSPS) is 10.8. The second-order valence-corrected chi connectivity index (χ2v) is 4.62. The van der Waals surface area contributed by atoms with Crippen molar-refractivity contribution >= 4 is 11.5 Å². The van der Waals surface area contributed by atoms with Crippen LogP contribution in [0.5, 0.6) is 0 Å². The van der Waals surface area contributed by atoms with Crippen molar-refractivity contribution in [3.8, 4) is 0 Å². The van der Waals surface area contributed by atoms with Crippen LogP contribution in [0, 0.1) is 0 Å². The van der Waals surface area contributed by atoms with Gasteiger partial charge < -0.3 is 11.1 Å². The first kappa shape index (κ1) is 12.6. The molecule has 3 N–H and O–H groups in total. The molecule has 2 aromatic heterocycles. The second-order valence-electron chi connectivity index (χ2n) is 4.62. The monoisotopic (exact) mass is 267 g/mol. The summed E-state index contributed by atoms with van der Waals surface area (Å²) in [7, 11) is 0. The molecule has 3 aromatic rings. The third-order valence-electron chi connectivity index (χ3n) is 3.14. The summed E-state index contributed by atoms with van der Waals surface area (Å²) in [5.74, 6) is 0.842. The van der Waals surface area contributed by atoms with E-state index in [-0.39, 0.29) is 0 Å². The molecule has 102 valence electrons. The van der Waals surface area contributed by atoms with Gasteiger partial charge in [0.2, 0.25) is 0 Å². The van der Waals surface area contributed by atoms with Crippen LogP contribution in [0.25, 0.3) is 5.65 Å². The molecular formula is C15H17N5. The highest BCUT2D eigenvalue weighted by Gasteiger charge is 2.02. The summed E-state index contributed by atoms with van der Waals surface area (Å²) in [6, 6.07) is 14.3. The molecule has 0 unspecified atom stereocenters. The zero-order chi connectivity index (χ0) is 13.8. The molecule has 20 heavy (non-hydrogen) atoms. The van der Waals surface area contributed by atoms with Gasteiger partial charge in [-0.15, -0.1) is 5.10 Å². The van der Waals surface area contributed by atoms with E-state index in [1.165, 1.54) is 5.56 Å². The van der Waals surface area contributed by atoms with E-state index in [9.17, 15) is 0 Å². The third-order valence-corrected chi connectivity index (χ3v) is 3.14. The molecule has 0 radical (unpaired) electrons. The van der Waals surface area contributed by atoms with Crippen LogP contribution in [0.3, 0.4) is 0 Å². The Labute approximate surface area is 117 Å². The lowest BCUT2D eigenvalue weighted by Crippen LogP contribution is -2.07. The van der Waals surface area contributed by atoms with Gasteiger partial charge in [-0.1, -0.05) is 30.3 Å². The van der Waals surface area contributed by atoms with E-state index in [2.05, 4.69) is 39.7 Å². The van der Waals surface area contributed by atoms with Gasteiger partial charge in [0.25, 0.3) is 0 Å². The van der Waals surface area contributed by atoms with Crippen molar-refractivity contribution in [3.05, 3.63) is 59.9 Å². The summed E-state index contributed by atoms with van der Waals surface area (Å²) >= 11 is 0. The summed E-state index contributed by atoms with van der Waals surface area (Å²) in [5.41, 5.74) is 8.56. The largest absolute Gasteiger partial charge is 0.368 e. The third kappa shape index (κ3) is 2.78. The van der Waals surface area contributed by atoms with Crippen molar-refractivity contribution in [3.63, 3.8) is 0 Å². The maximum Gasteiger partial charge on any atom is 0.153 e. The fourth-order valence-electron chi connectivity index (χ4n) is 2.10. The Morgan fingerprint density at radius 2 is 1.95 bits per heavy atom. The molecule has 0 saturated heterocycles. The SMILES string of the molecule is NCc1cn2nc(NCCc3ccccc3)ccc2n1. The van der Waals surface area contributed by atoms with Crippen LogP contribution in [0.1, 0.15) is 11.3 Å². The molecule has 2 heterocycles. The van der Waals surface area contributed by atoms with Crippen LogP contribution < -0.4 is 11.1 Å². The van der Waals surface area contributed by atoms with Crippen molar-refractivity contribution in [1.82, 2.24) is 14.6 Å². The number of hydrogen-bond donors (Lipinski definition) is 2. The topological polar surface area (TPSA) is 68.2 Å². The fraction of sp³-hybridized carbons (Fsp3) is 0.200. The summed E-state index contributed by atoms with van der Waals surface area (Å²) in [6.45, 7) is 1.28. The molecule has 0 fully saturated rings. The van der Waals surface area contributed by atoms with E-state index in [1.807, 2.05) is 24.4 Å². The molecule has 0 aliphatic rings. The Morgan fingerprint density at radius 1 is 1.10 bits per heavy atom. The van der Waals surface area contributed by atoms with Crippen molar-refractivity contribution < 1.29 is 0 Å². The minimum atomic E-state index is 0.431. The van der Waals surface area contributed by atoms with Gasteiger partial charge in [0.15, 0.2) is 5.65 Å². The number of anilines is 1. The number of nitrogens with zero attached hydrogens (tertiary/aromatic N) is 3. The average molecular weight is 267 g/mol. The first-order valence-corrected chi connectivity index (χ1v) is 6.68. The molecule has 0 saturated carbocycles. The fourth-order valence-corrected chi connectivity index (χ4v) is 2.10. The first-order valence-electron chi connectivity index (χ1n) is 6.68. The van der Waals surface area contributed by atoms with Crippen LogP contribution in [0.2, 0.25) is 0 Å². The molecule has 3 rings (SSSR count). The van der Waals surface area contributed by atoms with Gasteiger partial charge in [-0.25, -0.2) is 9.50 Å². The lowest BCUT2D eigenvalue weighted by atomic mass is 10.1. The van der Waals surface area contributed by atoms with Gasteiger partial charge in [-0.2, -0.15) is 0 Å². The Hall–Kier alpha value is -2.40. The summed E-state index contributed by atoms with van der Waals surface area (Å²) in [5, 5.41) is 7.78. The number of rotatable bonds is 5. The van der Waals surface area contributed by atoms with Crippen LogP contribution in [0.4, 0.5) is 5.82 Å². The summed E-state index contributed by atoms with van der Waals surface area (Å²) < 4.78 is 1.76. The first-order chi connectivity index (χ1) is 9.85. The van der Waals surface area contributed by atoms with Crippen LogP contribution in [-0.4, -0.2) is 21.1 Å². The molecule has 0 atom stereocenters. The Balaban J connectivity index is 1.65. The van der Waals surface area contributed by atoms with Crippen LogP contribution in [-0.2, 0) is 13.0 Å². The van der Waals surface area contributed by atoms with Gasteiger partial charge in [0.1, 0.15) is 5.82 Å². The molecule has 0 aliphatic carbocycles. The molecular weight excluding hydrogens is 250 g/mol. The molecule has 5 heteroatoms. The van der Waals surface area contributed by atoms with Gasteiger partial charge in [0, 0.05) is 13.1 Å². The molecule has 0 spiro atoms. The number of nitrogens with one attached hydrogen (secondary N) is 1. The van der Waals surface area contributed by atoms with Crippen LogP contribution >= 0.6 is 0 Å². The van der Waals surface area contributed by atoms with Gasteiger partial charge in [-0.3, -0.25) is 0 Å². The number of nitrogens with two attached hydrogens (primary N) is 1. The van der Waals surface area contributed by atoms with Gasteiger partial charge in [0.05, 0.1) is 11.9 Å². The number of aromatic nitrogens is 3. The highest BCUT2D eigenvalue weighted by atomic mass is 15.3. The minimum absolute atomic E-state index is 0.431. The van der Waals surface area contributed by atoms with E-state index < -0.39 is 0 Å². The Bertz CT molecular complexity index is 690. The van der Waals surface area contributed by atoms with Crippen molar-refractivity contribution in [1.29, 1.82) is 0 Å². The molecule has 1 aromatic carbocycles. The lowest BCUT2D eigenvalue weighted by molar-refractivity contribution is 0.910. The van der Waals surface area contributed by atoms with E-state index in [0.717, 1.165) is 30.1 Å². The summed E-state index contributed by atoms with van der Waals surface area (Å²) in [4.78, 5) is 4.35. The minimum Gasteiger partial charge on any atom is -0.368 e. The summed E-state index contributed by atoms with van der Waals surface area (Å²) in [6.07, 6.45) is 2.83. The maximum absolute atomic E-state index is 5.58. The number of hydrogen-bond acceptors (Lipinski definition) is 4. The van der Waals surface area contributed by atoms with Crippen molar-refractivity contribution in [2.45, 2.75) is 13.0 Å². The predicted molar refractivity (Wildman–Crippen MR) is 79.5 cm³/mol. The van der Waals surface area contributed by atoms with Gasteiger partial charge >= 0.3 is 0 Å². The smallest absolute Gasteiger partial charge is 0.153 e.